The van der Waals surface area contributed by atoms with Crippen LogP contribution in [0, 0.1) is 0 Å². The van der Waals surface area contributed by atoms with Crippen LogP contribution in [-0.2, 0) is 0 Å². The third-order valence-corrected chi connectivity index (χ3v) is 2.30. The van der Waals surface area contributed by atoms with Gasteiger partial charge in [-0.25, -0.2) is 0 Å². The van der Waals surface area contributed by atoms with Crippen LogP contribution in [0.5, 0.6) is 5.75 Å². The normalized spacial score (nSPS) is 14.7. The summed E-state index contributed by atoms with van der Waals surface area (Å²) in [4.78, 5) is 3.89. The number of hydrogen-bond donors (Lipinski definition) is 2. The lowest BCUT2D eigenvalue weighted by Gasteiger charge is -2.17. The summed E-state index contributed by atoms with van der Waals surface area (Å²) in [6.45, 7) is 0. The van der Waals surface area contributed by atoms with Gasteiger partial charge in [0.25, 0.3) is 0 Å². The fourth-order valence-electron chi connectivity index (χ4n) is 1.20. The molecule has 1 heterocycles. The monoisotopic (exact) mass is 231 g/mol. The maximum atomic E-state index is 9.74. The van der Waals surface area contributed by atoms with Gasteiger partial charge in [0.15, 0.2) is 0 Å². The van der Waals surface area contributed by atoms with Crippen LogP contribution in [0.3, 0.4) is 0 Å². The predicted octanol–water partition coefficient (Wildman–Crippen LogP) is 1.11. The summed E-state index contributed by atoms with van der Waals surface area (Å²) < 4.78 is 4.96. The van der Waals surface area contributed by atoms with Gasteiger partial charge in [-0.05, 0) is 12.5 Å². The summed E-state index contributed by atoms with van der Waals surface area (Å²) >= 11 is 5.48. The minimum Gasteiger partial charge on any atom is -0.495 e. The Morgan fingerprint density at radius 3 is 2.80 bits per heavy atom. The Kier molecular flexibility index (Phi) is 4.81. The minimum absolute atomic E-state index is 0.301. The number of nitrogens with zero attached hydrogens (tertiary/aromatic N) is 1. The van der Waals surface area contributed by atoms with Gasteiger partial charge in [0.1, 0.15) is 11.9 Å². The van der Waals surface area contributed by atoms with Gasteiger partial charge >= 0.3 is 0 Å². The number of aliphatic hydroxyl groups excluding tert-OH is 2. The van der Waals surface area contributed by atoms with Crippen molar-refractivity contribution in [3.05, 3.63) is 24.0 Å². The summed E-state index contributed by atoms with van der Waals surface area (Å²) in [5.41, 5.74) is 0.520. The Balaban J connectivity index is 2.76. The van der Waals surface area contributed by atoms with Gasteiger partial charge in [-0.15, -0.1) is 11.6 Å². The van der Waals surface area contributed by atoms with E-state index in [4.69, 9.17) is 16.3 Å². The Labute approximate surface area is 93.5 Å². The number of methoxy groups -OCH3 is 1. The molecule has 0 aliphatic carbocycles. The van der Waals surface area contributed by atoms with Crippen LogP contribution in [0.2, 0.25) is 0 Å². The van der Waals surface area contributed by atoms with Gasteiger partial charge in [-0.2, -0.15) is 0 Å². The predicted molar refractivity (Wildman–Crippen MR) is 57.1 cm³/mol. The lowest BCUT2D eigenvalue weighted by atomic mass is 10.0. The van der Waals surface area contributed by atoms with Crippen LogP contribution >= 0.6 is 11.6 Å². The van der Waals surface area contributed by atoms with Gasteiger partial charge < -0.3 is 14.9 Å². The molecule has 0 aliphatic heterocycles. The topological polar surface area (TPSA) is 62.6 Å². The van der Waals surface area contributed by atoms with E-state index in [0.29, 0.717) is 23.6 Å². The third kappa shape index (κ3) is 3.34. The molecular formula is C10H14ClNO3. The number of aromatic nitrogens is 1. The number of hydrogen-bond acceptors (Lipinski definition) is 4. The van der Waals surface area contributed by atoms with Crippen molar-refractivity contribution < 1.29 is 14.9 Å². The van der Waals surface area contributed by atoms with Crippen LogP contribution in [0.15, 0.2) is 18.5 Å². The SMILES string of the molecule is COc1cncc(C(O)C(O)CCCl)c1. The molecule has 0 radical (unpaired) electrons. The second-order valence-electron chi connectivity index (χ2n) is 3.15. The Morgan fingerprint density at radius 2 is 2.20 bits per heavy atom. The highest BCUT2D eigenvalue weighted by Gasteiger charge is 2.18. The second kappa shape index (κ2) is 5.90. The van der Waals surface area contributed by atoms with E-state index in [9.17, 15) is 10.2 Å². The fourth-order valence-corrected chi connectivity index (χ4v) is 1.42. The van der Waals surface area contributed by atoms with E-state index in [-0.39, 0.29) is 0 Å². The van der Waals surface area contributed by atoms with Crippen molar-refractivity contribution in [3.63, 3.8) is 0 Å². The average molecular weight is 232 g/mol. The summed E-state index contributed by atoms with van der Waals surface area (Å²) in [6.07, 6.45) is 1.50. The summed E-state index contributed by atoms with van der Waals surface area (Å²) in [7, 11) is 1.52. The number of ether oxygens (including phenoxy) is 1. The fraction of sp³-hybridized carbons (Fsp3) is 0.500. The molecule has 0 aromatic carbocycles. The lowest BCUT2D eigenvalue weighted by Crippen LogP contribution is -2.18. The van der Waals surface area contributed by atoms with E-state index in [1.165, 1.54) is 19.5 Å². The van der Waals surface area contributed by atoms with E-state index in [0.717, 1.165) is 0 Å². The van der Waals surface area contributed by atoms with Crippen LogP contribution in [0.25, 0.3) is 0 Å². The van der Waals surface area contributed by atoms with E-state index in [2.05, 4.69) is 4.98 Å². The first-order valence-electron chi connectivity index (χ1n) is 4.60. The first kappa shape index (κ1) is 12.2. The Morgan fingerprint density at radius 1 is 1.47 bits per heavy atom. The Bertz CT molecular complexity index is 308. The molecule has 0 fully saturated rings. The zero-order valence-corrected chi connectivity index (χ0v) is 9.18. The largest absolute Gasteiger partial charge is 0.495 e. The quantitative estimate of drug-likeness (QED) is 0.746. The van der Waals surface area contributed by atoms with Gasteiger partial charge in [0, 0.05) is 17.6 Å². The van der Waals surface area contributed by atoms with Crippen molar-refractivity contribution in [3.8, 4) is 5.75 Å². The average Bonchev–Trinajstić information content (AvgIpc) is 2.28. The number of aliphatic hydroxyl groups is 2. The number of pyridine rings is 1. The first-order chi connectivity index (χ1) is 7.19. The molecule has 5 heteroatoms. The molecule has 2 atom stereocenters. The minimum atomic E-state index is -0.980. The zero-order valence-electron chi connectivity index (χ0n) is 8.43. The molecule has 1 aromatic rings. The zero-order chi connectivity index (χ0) is 11.3. The molecule has 2 N–H and O–H groups in total. The standard InChI is InChI=1S/C10H14ClNO3/c1-15-8-4-7(5-12-6-8)10(14)9(13)2-3-11/h4-6,9-10,13-14H,2-3H2,1H3. The lowest BCUT2D eigenvalue weighted by molar-refractivity contribution is 0.0167. The highest BCUT2D eigenvalue weighted by atomic mass is 35.5. The maximum absolute atomic E-state index is 9.74. The molecule has 2 unspecified atom stereocenters. The molecule has 0 spiro atoms. The first-order valence-corrected chi connectivity index (χ1v) is 5.13. The van der Waals surface area contributed by atoms with Gasteiger partial charge in [-0.3, -0.25) is 4.98 Å². The van der Waals surface area contributed by atoms with Gasteiger partial charge in [-0.1, -0.05) is 0 Å². The number of rotatable bonds is 5. The van der Waals surface area contributed by atoms with Crippen LogP contribution < -0.4 is 4.74 Å². The summed E-state index contributed by atoms with van der Waals surface area (Å²) in [6, 6.07) is 1.63. The third-order valence-electron chi connectivity index (χ3n) is 2.08. The van der Waals surface area contributed by atoms with Crippen molar-refractivity contribution in [2.24, 2.45) is 0 Å². The van der Waals surface area contributed by atoms with Crippen molar-refractivity contribution in [1.82, 2.24) is 4.98 Å². The number of alkyl halides is 1. The molecule has 0 saturated heterocycles. The van der Waals surface area contributed by atoms with E-state index in [1.807, 2.05) is 0 Å². The van der Waals surface area contributed by atoms with Crippen molar-refractivity contribution >= 4 is 11.6 Å². The van der Waals surface area contributed by atoms with Gasteiger partial charge in [0.05, 0.1) is 19.4 Å². The van der Waals surface area contributed by atoms with Crippen molar-refractivity contribution in [2.45, 2.75) is 18.6 Å². The van der Waals surface area contributed by atoms with Crippen LogP contribution in [0.4, 0.5) is 0 Å². The molecule has 1 rings (SSSR count). The highest BCUT2D eigenvalue weighted by molar-refractivity contribution is 6.17. The molecule has 0 aliphatic rings. The molecule has 1 aromatic heterocycles. The highest BCUT2D eigenvalue weighted by Crippen LogP contribution is 2.21. The number of halogens is 1. The molecule has 15 heavy (non-hydrogen) atoms. The molecule has 84 valence electrons. The van der Waals surface area contributed by atoms with E-state index in [1.54, 1.807) is 6.07 Å². The van der Waals surface area contributed by atoms with E-state index >= 15 is 0 Å². The second-order valence-corrected chi connectivity index (χ2v) is 3.53. The molecule has 0 amide bonds. The van der Waals surface area contributed by atoms with Gasteiger partial charge in [0.2, 0.25) is 0 Å². The smallest absolute Gasteiger partial charge is 0.137 e. The van der Waals surface area contributed by atoms with Crippen LogP contribution in [-0.4, -0.2) is 34.3 Å². The molecular weight excluding hydrogens is 218 g/mol. The molecule has 0 bridgehead atoms. The van der Waals surface area contributed by atoms with Crippen LogP contribution in [0.1, 0.15) is 18.1 Å². The molecule has 4 nitrogen and oxygen atoms in total. The summed E-state index contributed by atoms with van der Waals surface area (Å²) in [5, 5.41) is 19.3. The maximum Gasteiger partial charge on any atom is 0.137 e. The Hall–Kier alpha value is -0.840. The summed E-state index contributed by atoms with van der Waals surface area (Å²) in [5.74, 6) is 0.847. The molecule has 0 saturated carbocycles. The van der Waals surface area contributed by atoms with Crippen molar-refractivity contribution in [1.29, 1.82) is 0 Å². The van der Waals surface area contributed by atoms with E-state index < -0.39 is 12.2 Å². The van der Waals surface area contributed by atoms with Crippen molar-refractivity contribution in [2.75, 3.05) is 13.0 Å².